The molecule has 5 saturated heterocycles. The first-order valence-corrected chi connectivity index (χ1v) is 20.6. The fourth-order valence-electron chi connectivity index (χ4n) is 9.64. The van der Waals surface area contributed by atoms with Gasteiger partial charge in [-0.15, -0.1) is 0 Å². The summed E-state index contributed by atoms with van der Waals surface area (Å²) < 4.78 is 0. The lowest BCUT2D eigenvalue weighted by atomic mass is 9.77. The Hall–Kier alpha value is -5.69. The van der Waals surface area contributed by atoms with Gasteiger partial charge < -0.3 is 14.7 Å². The van der Waals surface area contributed by atoms with Crippen LogP contribution in [0.25, 0.3) is 4.85 Å². The van der Waals surface area contributed by atoms with Gasteiger partial charge in [-0.2, -0.15) is 0 Å². The van der Waals surface area contributed by atoms with Gasteiger partial charge >= 0.3 is 0 Å². The highest BCUT2D eigenvalue weighted by molar-refractivity contribution is 6.33. The van der Waals surface area contributed by atoms with Gasteiger partial charge in [-0.1, -0.05) is 29.5 Å². The molecule has 58 heavy (non-hydrogen) atoms. The van der Waals surface area contributed by atoms with Crippen molar-refractivity contribution in [2.45, 2.75) is 57.0 Å². The summed E-state index contributed by atoms with van der Waals surface area (Å²) in [5.41, 5.74) is 4.81. The number of likely N-dealkylation sites (tertiary alicyclic amines) is 2. The standard InChI is InChI=1S/C45H44ClN7O5/c1-47-38-11-9-34(25-37(38)46)51-23-18-45(28-51)16-21-50(22-17-45)42(56)31-6-4-29(5-7-31)2-3-30-26-52(27-30)32-14-19-49(20-15-32)33-8-10-35-36(24-33)44(58)53(43(35)57)39-12-13-40(54)48-41(39)55/h4-11,24-25,30,32,39H,12-23,26-28H2,(H,48,54,55). The molecule has 0 bridgehead atoms. The van der Waals surface area contributed by atoms with E-state index in [1.54, 1.807) is 18.2 Å². The third kappa shape index (κ3) is 7.09. The van der Waals surface area contributed by atoms with E-state index in [9.17, 15) is 24.0 Å². The molecule has 296 valence electrons. The molecule has 0 aromatic heterocycles. The molecular formula is C45H44ClN7O5. The number of carbonyl (C=O) groups excluding carboxylic acids is 5. The average molecular weight is 798 g/mol. The molecule has 1 N–H and O–H groups in total. The van der Waals surface area contributed by atoms with Crippen LogP contribution in [0.3, 0.4) is 0 Å². The number of benzene rings is 3. The number of amides is 5. The Kier molecular flexibility index (Phi) is 9.95. The van der Waals surface area contributed by atoms with Crippen LogP contribution in [0.15, 0.2) is 60.7 Å². The van der Waals surface area contributed by atoms with Crippen molar-refractivity contribution in [2.75, 3.05) is 62.2 Å². The predicted molar refractivity (Wildman–Crippen MR) is 219 cm³/mol. The number of hydrogen-bond donors (Lipinski definition) is 1. The van der Waals surface area contributed by atoms with Crippen molar-refractivity contribution in [1.29, 1.82) is 0 Å². The smallest absolute Gasteiger partial charge is 0.262 e. The van der Waals surface area contributed by atoms with Crippen molar-refractivity contribution in [2.24, 2.45) is 11.3 Å². The summed E-state index contributed by atoms with van der Waals surface area (Å²) in [7, 11) is 0. The first-order chi connectivity index (χ1) is 28.1. The van der Waals surface area contributed by atoms with E-state index in [-0.39, 0.29) is 24.2 Å². The second kappa shape index (κ2) is 15.2. The van der Waals surface area contributed by atoms with E-state index in [4.69, 9.17) is 18.2 Å². The Morgan fingerprint density at radius 2 is 1.50 bits per heavy atom. The van der Waals surface area contributed by atoms with Crippen LogP contribution < -0.4 is 15.1 Å². The van der Waals surface area contributed by atoms with Crippen molar-refractivity contribution in [3.8, 4) is 11.8 Å². The van der Waals surface area contributed by atoms with Crippen LogP contribution in [-0.2, 0) is 9.59 Å². The summed E-state index contributed by atoms with van der Waals surface area (Å²) >= 11 is 6.32. The van der Waals surface area contributed by atoms with Gasteiger partial charge in [0.15, 0.2) is 0 Å². The van der Waals surface area contributed by atoms with E-state index >= 15 is 0 Å². The third-order valence-corrected chi connectivity index (χ3v) is 13.5. The van der Waals surface area contributed by atoms with Crippen molar-refractivity contribution in [1.82, 2.24) is 20.0 Å². The van der Waals surface area contributed by atoms with Crippen molar-refractivity contribution in [3.05, 3.63) is 99.4 Å². The zero-order chi connectivity index (χ0) is 40.1. The second-order valence-corrected chi connectivity index (χ2v) is 17.0. The van der Waals surface area contributed by atoms with Gasteiger partial charge in [0.25, 0.3) is 17.7 Å². The van der Waals surface area contributed by atoms with Gasteiger partial charge in [0.1, 0.15) is 6.04 Å². The number of halogens is 1. The van der Waals surface area contributed by atoms with Crippen LogP contribution in [0.4, 0.5) is 17.1 Å². The normalized spacial score (nSPS) is 22.4. The van der Waals surface area contributed by atoms with E-state index in [0.717, 1.165) is 106 Å². The van der Waals surface area contributed by atoms with Gasteiger partial charge in [-0.25, -0.2) is 4.85 Å². The van der Waals surface area contributed by atoms with Crippen molar-refractivity contribution >= 4 is 58.2 Å². The van der Waals surface area contributed by atoms with Crippen LogP contribution in [0.1, 0.15) is 81.6 Å². The number of fused-ring (bicyclic) bond motifs is 1. The lowest BCUT2D eigenvalue weighted by molar-refractivity contribution is -0.136. The Morgan fingerprint density at radius 1 is 0.810 bits per heavy atom. The van der Waals surface area contributed by atoms with E-state index in [1.807, 2.05) is 47.4 Å². The molecule has 12 nitrogen and oxygen atoms in total. The van der Waals surface area contributed by atoms with Crippen LogP contribution >= 0.6 is 11.6 Å². The van der Waals surface area contributed by atoms with E-state index < -0.39 is 29.7 Å². The quantitative estimate of drug-likeness (QED) is 0.208. The minimum absolute atomic E-state index is 0.0718. The minimum Gasteiger partial charge on any atom is -0.371 e. The van der Waals surface area contributed by atoms with Gasteiger partial charge in [0, 0.05) is 98.3 Å². The summed E-state index contributed by atoms with van der Waals surface area (Å²) in [5.74, 6) is 5.17. The summed E-state index contributed by atoms with van der Waals surface area (Å²) in [6, 6.07) is 18.2. The molecule has 1 spiro atoms. The molecule has 3 aromatic carbocycles. The summed E-state index contributed by atoms with van der Waals surface area (Å²) in [4.78, 5) is 77.5. The van der Waals surface area contributed by atoms with Crippen LogP contribution in [0.2, 0.25) is 5.02 Å². The fraction of sp³-hybridized carbons (Fsp3) is 0.422. The number of hydrogen-bond acceptors (Lipinski definition) is 8. The zero-order valence-corrected chi connectivity index (χ0v) is 33.0. The monoisotopic (exact) mass is 797 g/mol. The maximum Gasteiger partial charge on any atom is 0.262 e. The second-order valence-electron chi connectivity index (χ2n) is 16.6. The summed E-state index contributed by atoms with van der Waals surface area (Å²) in [5, 5.41) is 2.73. The molecule has 0 saturated carbocycles. The maximum atomic E-state index is 13.4. The van der Waals surface area contributed by atoms with Crippen LogP contribution in [0.5, 0.6) is 0 Å². The molecule has 1 atom stereocenters. The van der Waals surface area contributed by atoms with Gasteiger partial charge in [-0.3, -0.25) is 39.1 Å². The Labute approximate surface area is 342 Å². The van der Waals surface area contributed by atoms with Gasteiger partial charge in [0.2, 0.25) is 17.5 Å². The molecule has 13 heteroatoms. The molecule has 9 rings (SSSR count). The zero-order valence-electron chi connectivity index (χ0n) is 32.2. The van der Waals surface area contributed by atoms with Crippen molar-refractivity contribution in [3.63, 3.8) is 0 Å². The number of rotatable bonds is 5. The SMILES string of the molecule is [C-]#[N+]c1ccc(N2CCC3(CCN(C(=O)c4ccc(C#CC5CN(C6CCN(c7ccc8c(c7)C(=O)N(C7CCC(=O)NC7=O)C8=O)CC6)C5)cc4)CC3)C2)cc1Cl. The number of carbonyl (C=O) groups is 5. The molecule has 0 radical (unpaired) electrons. The minimum atomic E-state index is -0.972. The van der Waals surface area contributed by atoms with Gasteiger partial charge in [-0.05, 0) is 98.5 Å². The first-order valence-electron chi connectivity index (χ1n) is 20.3. The molecular weight excluding hydrogens is 754 g/mol. The molecule has 5 amide bonds. The predicted octanol–water partition coefficient (Wildman–Crippen LogP) is 5.38. The van der Waals surface area contributed by atoms with E-state index in [0.29, 0.717) is 39.4 Å². The van der Waals surface area contributed by atoms with Crippen LogP contribution in [0, 0.1) is 29.7 Å². The molecule has 5 fully saturated rings. The number of imide groups is 2. The number of anilines is 2. The highest BCUT2D eigenvalue weighted by Gasteiger charge is 2.45. The lowest BCUT2D eigenvalue weighted by Crippen LogP contribution is -2.55. The van der Waals surface area contributed by atoms with E-state index in [1.165, 1.54) is 0 Å². The molecule has 0 aliphatic carbocycles. The van der Waals surface area contributed by atoms with Crippen LogP contribution in [-0.4, -0.2) is 109 Å². The highest BCUT2D eigenvalue weighted by atomic mass is 35.5. The first kappa shape index (κ1) is 37.9. The molecule has 3 aromatic rings. The Morgan fingerprint density at radius 3 is 2.21 bits per heavy atom. The fourth-order valence-corrected chi connectivity index (χ4v) is 9.86. The number of nitrogens with one attached hydrogen (secondary N) is 1. The molecule has 6 aliphatic heterocycles. The summed E-state index contributed by atoms with van der Waals surface area (Å²) in [6.45, 7) is 14.1. The average Bonchev–Trinajstić information content (AvgIpc) is 3.74. The highest BCUT2D eigenvalue weighted by Crippen LogP contribution is 2.43. The topological polar surface area (TPSA) is 118 Å². The lowest BCUT2D eigenvalue weighted by Gasteiger charge is -2.46. The maximum absolute atomic E-state index is 13.4. The largest absolute Gasteiger partial charge is 0.371 e. The molecule has 1 unspecified atom stereocenters. The van der Waals surface area contributed by atoms with Crippen molar-refractivity contribution < 1.29 is 24.0 Å². The number of piperidine rings is 3. The Bertz CT molecular complexity index is 2310. The molecule has 6 heterocycles. The molecule has 6 aliphatic rings. The number of nitrogens with zero attached hydrogens (tertiary/aromatic N) is 6. The van der Waals surface area contributed by atoms with E-state index in [2.05, 4.69) is 36.7 Å². The third-order valence-electron chi connectivity index (χ3n) is 13.2. The Balaban J connectivity index is 0.720. The summed E-state index contributed by atoms with van der Waals surface area (Å²) in [6.07, 6.45) is 5.22. The van der Waals surface area contributed by atoms with Gasteiger partial charge in [0.05, 0.1) is 17.7 Å².